The predicted molar refractivity (Wildman–Crippen MR) is 80.2 cm³/mol. The molecule has 0 aliphatic carbocycles. The van der Waals surface area contributed by atoms with E-state index >= 15 is 0 Å². The van der Waals surface area contributed by atoms with Gasteiger partial charge in [0.05, 0.1) is 11.6 Å². The number of carbonyl (C=O) groups is 2. The number of alkyl halides is 5. The van der Waals surface area contributed by atoms with Crippen LogP contribution in [0.3, 0.4) is 0 Å². The number of esters is 1. The maximum atomic E-state index is 13.0. The van der Waals surface area contributed by atoms with Crippen molar-refractivity contribution in [2.24, 2.45) is 0 Å². The van der Waals surface area contributed by atoms with Crippen LogP contribution in [0.4, 0.5) is 26.7 Å². The molecule has 2 N–H and O–H groups in total. The zero-order valence-corrected chi connectivity index (χ0v) is 13.7. The van der Waals surface area contributed by atoms with Gasteiger partial charge in [-0.25, -0.2) is 9.59 Å². The van der Waals surface area contributed by atoms with E-state index in [2.05, 4.69) is 15.4 Å². The average Bonchev–Trinajstić information content (AvgIpc) is 2.51. The lowest BCUT2D eigenvalue weighted by Crippen LogP contribution is -2.46. The van der Waals surface area contributed by atoms with Gasteiger partial charge < -0.3 is 15.4 Å². The zero-order valence-electron chi connectivity index (χ0n) is 13.7. The first-order valence-corrected chi connectivity index (χ1v) is 7.39. The van der Waals surface area contributed by atoms with Crippen molar-refractivity contribution >= 4 is 12.0 Å². The SMILES string of the molecule is CC1=C(C(=O)OCC(F)(F)C(F)(F)F)[C@@H](c2ccc(C)cc2)NC(=O)N1. The van der Waals surface area contributed by atoms with Gasteiger partial charge >= 0.3 is 24.1 Å². The molecule has 0 unspecified atom stereocenters. The number of carbonyl (C=O) groups excluding carboxylic acids is 2. The molecule has 1 atom stereocenters. The normalized spacial score (nSPS) is 18.3. The van der Waals surface area contributed by atoms with Crippen molar-refractivity contribution in [2.45, 2.75) is 32.0 Å². The summed E-state index contributed by atoms with van der Waals surface area (Å²) in [5.74, 6) is -6.56. The van der Waals surface area contributed by atoms with Gasteiger partial charge in [-0.1, -0.05) is 29.8 Å². The molecule has 0 radical (unpaired) electrons. The van der Waals surface area contributed by atoms with E-state index in [0.29, 0.717) is 5.56 Å². The number of halogens is 5. The molecule has 0 fully saturated rings. The van der Waals surface area contributed by atoms with Crippen molar-refractivity contribution in [3.05, 3.63) is 46.7 Å². The molecule has 0 bridgehead atoms. The Morgan fingerprint density at radius 1 is 1.12 bits per heavy atom. The lowest BCUT2D eigenvalue weighted by Gasteiger charge is -2.28. The van der Waals surface area contributed by atoms with Gasteiger partial charge in [0.2, 0.25) is 0 Å². The Kier molecular flexibility index (Phi) is 5.24. The Labute approximate surface area is 145 Å². The number of urea groups is 1. The lowest BCUT2D eigenvalue weighted by molar-refractivity contribution is -0.293. The largest absolute Gasteiger partial charge is 0.456 e. The highest BCUT2D eigenvalue weighted by Crippen LogP contribution is 2.36. The lowest BCUT2D eigenvalue weighted by atomic mass is 9.95. The van der Waals surface area contributed by atoms with E-state index in [4.69, 9.17) is 0 Å². The number of benzene rings is 1. The summed E-state index contributed by atoms with van der Waals surface area (Å²) in [6.45, 7) is 0.972. The number of hydrogen-bond acceptors (Lipinski definition) is 3. The van der Waals surface area contributed by atoms with Crippen LogP contribution in [0.25, 0.3) is 0 Å². The molecule has 5 nitrogen and oxygen atoms in total. The average molecular weight is 378 g/mol. The summed E-state index contributed by atoms with van der Waals surface area (Å²) < 4.78 is 66.8. The first kappa shape index (κ1) is 19.7. The van der Waals surface area contributed by atoms with Crippen LogP contribution in [0.5, 0.6) is 0 Å². The molecule has 26 heavy (non-hydrogen) atoms. The molecule has 1 aliphatic heterocycles. The molecule has 10 heteroatoms. The molecule has 2 rings (SSSR count). The van der Waals surface area contributed by atoms with Crippen molar-refractivity contribution in [3.63, 3.8) is 0 Å². The van der Waals surface area contributed by atoms with Gasteiger partial charge in [0.1, 0.15) is 0 Å². The first-order chi connectivity index (χ1) is 11.9. The van der Waals surface area contributed by atoms with Crippen molar-refractivity contribution < 1.29 is 36.3 Å². The van der Waals surface area contributed by atoms with E-state index in [0.717, 1.165) is 5.56 Å². The molecular formula is C16H15F5N2O3. The Balaban J connectivity index is 2.27. The third kappa shape index (κ3) is 4.12. The van der Waals surface area contributed by atoms with Gasteiger partial charge in [-0.15, -0.1) is 0 Å². The van der Waals surface area contributed by atoms with Gasteiger partial charge in [-0.3, -0.25) is 0 Å². The zero-order chi connectivity index (χ0) is 19.7. The fourth-order valence-corrected chi connectivity index (χ4v) is 2.29. The van der Waals surface area contributed by atoms with Gasteiger partial charge in [0, 0.05) is 5.70 Å². The standard InChI is InChI=1S/C16H15F5N2O3/c1-8-3-5-10(6-4-8)12-11(9(2)22-14(25)23-12)13(24)26-7-15(17,18)16(19,20)21/h3-6,12H,7H2,1-2H3,(H2,22,23,25)/t12-/m1/s1. The van der Waals surface area contributed by atoms with Crippen molar-refractivity contribution in [2.75, 3.05) is 6.61 Å². The van der Waals surface area contributed by atoms with Gasteiger partial charge in [-0.2, -0.15) is 22.0 Å². The Bertz CT molecular complexity index is 741. The smallest absolute Gasteiger partial charge is 0.455 e. The van der Waals surface area contributed by atoms with E-state index < -0.39 is 36.7 Å². The monoisotopic (exact) mass is 378 g/mol. The Morgan fingerprint density at radius 3 is 2.23 bits per heavy atom. The predicted octanol–water partition coefficient (Wildman–Crippen LogP) is 3.36. The second kappa shape index (κ2) is 6.93. The molecule has 1 aromatic rings. The number of amides is 2. The van der Waals surface area contributed by atoms with E-state index in [9.17, 15) is 31.5 Å². The van der Waals surface area contributed by atoms with Crippen molar-refractivity contribution in [3.8, 4) is 0 Å². The number of allylic oxidation sites excluding steroid dienone is 1. The molecule has 0 spiro atoms. The van der Waals surface area contributed by atoms with E-state index in [1.54, 1.807) is 31.2 Å². The molecule has 1 aromatic carbocycles. The number of hydrogen-bond donors (Lipinski definition) is 2. The second-order valence-corrected chi connectivity index (χ2v) is 5.76. The number of ether oxygens (including phenoxy) is 1. The van der Waals surface area contributed by atoms with E-state index in [-0.39, 0.29) is 11.3 Å². The molecule has 142 valence electrons. The van der Waals surface area contributed by atoms with Gasteiger partial charge in [0.15, 0.2) is 6.61 Å². The molecule has 0 saturated carbocycles. The summed E-state index contributed by atoms with van der Waals surface area (Å²) in [4.78, 5) is 23.8. The second-order valence-electron chi connectivity index (χ2n) is 5.76. The topological polar surface area (TPSA) is 67.4 Å². The highest BCUT2D eigenvalue weighted by Gasteiger charge is 2.58. The third-order valence-electron chi connectivity index (χ3n) is 3.70. The Morgan fingerprint density at radius 2 is 1.69 bits per heavy atom. The summed E-state index contributed by atoms with van der Waals surface area (Å²) in [5, 5.41) is 4.69. The molecule has 0 aromatic heterocycles. The summed E-state index contributed by atoms with van der Waals surface area (Å²) in [6, 6.07) is 4.88. The highest BCUT2D eigenvalue weighted by atomic mass is 19.4. The van der Waals surface area contributed by atoms with E-state index in [1.165, 1.54) is 6.92 Å². The maximum absolute atomic E-state index is 13.0. The molecular weight excluding hydrogens is 363 g/mol. The third-order valence-corrected chi connectivity index (χ3v) is 3.70. The quantitative estimate of drug-likeness (QED) is 0.624. The van der Waals surface area contributed by atoms with Crippen LogP contribution in [0.1, 0.15) is 24.1 Å². The first-order valence-electron chi connectivity index (χ1n) is 7.39. The summed E-state index contributed by atoms with van der Waals surface area (Å²) in [6.07, 6.45) is -5.84. The minimum Gasteiger partial charge on any atom is -0.455 e. The van der Waals surface area contributed by atoms with Crippen LogP contribution in [0, 0.1) is 6.92 Å². The van der Waals surface area contributed by atoms with Crippen LogP contribution in [-0.4, -0.2) is 30.7 Å². The molecule has 1 heterocycles. The summed E-state index contributed by atoms with van der Waals surface area (Å²) in [5.41, 5.74) is 1.08. The fraction of sp³-hybridized carbons (Fsp3) is 0.375. The maximum Gasteiger partial charge on any atom is 0.456 e. The summed E-state index contributed by atoms with van der Waals surface area (Å²) in [7, 11) is 0. The molecule has 1 aliphatic rings. The number of rotatable bonds is 4. The van der Waals surface area contributed by atoms with Crippen LogP contribution in [0.2, 0.25) is 0 Å². The molecule has 0 saturated heterocycles. The number of nitrogens with one attached hydrogen (secondary N) is 2. The fourth-order valence-electron chi connectivity index (χ4n) is 2.29. The van der Waals surface area contributed by atoms with Crippen LogP contribution < -0.4 is 10.6 Å². The van der Waals surface area contributed by atoms with Crippen molar-refractivity contribution in [1.29, 1.82) is 0 Å². The molecule has 2 amide bonds. The van der Waals surface area contributed by atoms with Crippen LogP contribution in [0.15, 0.2) is 35.5 Å². The van der Waals surface area contributed by atoms with Crippen LogP contribution in [-0.2, 0) is 9.53 Å². The van der Waals surface area contributed by atoms with Gasteiger partial charge in [0.25, 0.3) is 0 Å². The van der Waals surface area contributed by atoms with E-state index in [1.807, 2.05) is 0 Å². The Hall–Kier alpha value is -2.65. The summed E-state index contributed by atoms with van der Waals surface area (Å²) >= 11 is 0. The minimum atomic E-state index is -5.84. The van der Waals surface area contributed by atoms with Crippen LogP contribution >= 0.6 is 0 Å². The highest BCUT2D eigenvalue weighted by molar-refractivity contribution is 5.95. The number of aryl methyl sites for hydroxylation is 1. The van der Waals surface area contributed by atoms with Crippen molar-refractivity contribution in [1.82, 2.24) is 10.6 Å². The minimum absolute atomic E-state index is 0.000324. The van der Waals surface area contributed by atoms with Gasteiger partial charge in [-0.05, 0) is 19.4 Å².